The molecule has 0 aliphatic carbocycles. The Hall–Kier alpha value is -1.14. The van der Waals surface area contributed by atoms with Crippen LogP contribution >= 0.6 is 0 Å². The summed E-state index contributed by atoms with van der Waals surface area (Å²) in [4.78, 5) is -0.0299. The summed E-state index contributed by atoms with van der Waals surface area (Å²) in [5, 5.41) is 3.19. The molecule has 2 rings (SSSR count). The van der Waals surface area contributed by atoms with E-state index in [-0.39, 0.29) is 16.7 Å². The van der Waals surface area contributed by atoms with Gasteiger partial charge >= 0.3 is 0 Å². The van der Waals surface area contributed by atoms with Gasteiger partial charge in [-0.3, -0.25) is 0 Å². The molecule has 1 heterocycles. The van der Waals surface area contributed by atoms with Crippen LogP contribution in [0.2, 0.25) is 0 Å². The molecule has 1 aliphatic heterocycles. The van der Waals surface area contributed by atoms with E-state index < -0.39 is 15.7 Å². The maximum absolute atomic E-state index is 13.7. The van der Waals surface area contributed by atoms with Crippen LogP contribution in [0, 0.1) is 5.82 Å². The maximum atomic E-state index is 13.7. The third-order valence-corrected chi connectivity index (χ3v) is 4.02. The van der Waals surface area contributed by atoms with Crippen LogP contribution in [-0.2, 0) is 9.84 Å². The van der Waals surface area contributed by atoms with Crippen LogP contribution in [0.3, 0.4) is 0 Å². The number of nitrogens with one attached hydrogen (secondary N) is 1. The molecule has 0 spiro atoms. The predicted octanol–water partition coefficient (Wildman–Crippen LogP) is 1.36. The molecule has 6 heteroatoms. The molecule has 1 aromatic rings. The van der Waals surface area contributed by atoms with Gasteiger partial charge in [-0.2, -0.15) is 0 Å². The zero-order chi connectivity index (χ0) is 13.2. The first kappa shape index (κ1) is 13.3. The van der Waals surface area contributed by atoms with E-state index in [1.807, 2.05) is 0 Å². The first-order valence-corrected chi connectivity index (χ1v) is 7.73. The highest BCUT2D eigenvalue weighted by molar-refractivity contribution is 7.90. The summed E-state index contributed by atoms with van der Waals surface area (Å²) >= 11 is 0. The number of benzene rings is 1. The molecule has 0 unspecified atom stereocenters. The third kappa shape index (κ3) is 3.20. The highest BCUT2D eigenvalue weighted by atomic mass is 32.2. The zero-order valence-electron chi connectivity index (χ0n) is 10.1. The van der Waals surface area contributed by atoms with Gasteiger partial charge in [0.25, 0.3) is 0 Å². The van der Waals surface area contributed by atoms with Crippen molar-refractivity contribution in [3.8, 4) is 5.75 Å². The van der Waals surface area contributed by atoms with Crippen LogP contribution in [-0.4, -0.2) is 33.9 Å². The van der Waals surface area contributed by atoms with Crippen LogP contribution in [0.15, 0.2) is 23.1 Å². The molecule has 0 atom stereocenters. The highest BCUT2D eigenvalue weighted by Crippen LogP contribution is 2.23. The Morgan fingerprint density at radius 1 is 1.33 bits per heavy atom. The lowest BCUT2D eigenvalue weighted by molar-refractivity contribution is 0.156. The van der Waals surface area contributed by atoms with Crippen molar-refractivity contribution in [3.63, 3.8) is 0 Å². The van der Waals surface area contributed by atoms with Gasteiger partial charge in [-0.05, 0) is 44.1 Å². The fourth-order valence-corrected chi connectivity index (χ4v) is 2.53. The number of sulfone groups is 1. The quantitative estimate of drug-likeness (QED) is 0.903. The minimum atomic E-state index is -3.38. The topological polar surface area (TPSA) is 55.4 Å². The van der Waals surface area contributed by atoms with Gasteiger partial charge in [0.05, 0.1) is 4.90 Å². The minimum Gasteiger partial charge on any atom is -0.487 e. The van der Waals surface area contributed by atoms with Gasteiger partial charge < -0.3 is 10.1 Å². The average Bonchev–Trinajstić information content (AvgIpc) is 2.32. The molecule has 0 radical (unpaired) electrons. The van der Waals surface area contributed by atoms with Crippen LogP contribution in [0.4, 0.5) is 4.39 Å². The Morgan fingerprint density at radius 3 is 2.56 bits per heavy atom. The zero-order valence-corrected chi connectivity index (χ0v) is 11.0. The maximum Gasteiger partial charge on any atom is 0.175 e. The summed E-state index contributed by atoms with van der Waals surface area (Å²) in [7, 11) is -3.38. The summed E-state index contributed by atoms with van der Waals surface area (Å²) in [5.74, 6) is -0.509. The fraction of sp³-hybridized carbons (Fsp3) is 0.500. The van der Waals surface area contributed by atoms with Gasteiger partial charge in [-0.1, -0.05) is 0 Å². The monoisotopic (exact) mass is 273 g/mol. The smallest absolute Gasteiger partial charge is 0.175 e. The molecule has 0 aromatic heterocycles. The van der Waals surface area contributed by atoms with E-state index in [0.29, 0.717) is 0 Å². The molecular formula is C12H16FNO3S. The van der Waals surface area contributed by atoms with Crippen molar-refractivity contribution >= 4 is 9.84 Å². The molecule has 0 bridgehead atoms. The second-order valence-electron chi connectivity index (χ2n) is 4.43. The average molecular weight is 273 g/mol. The van der Waals surface area contributed by atoms with Crippen LogP contribution in [0.5, 0.6) is 5.75 Å². The van der Waals surface area contributed by atoms with Crippen molar-refractivity contribution in [1.29, 1.82) is 0 Å². The van der Waals surface area contributed by atoms with Crippen LogP contribution < -0.4 is 10.1 Å². The lowest BCUT2D eigenvalue weighted by Gasteiger charge is -2.24. The molecule has 1 saturated heterocycles. The molecule has 1 aromatic carbocycles. The first-order valence-electron chi connectivity index (χ1n) is 5.84. The van der Waals surface area contributed by atoms with Crippen molar-refractivity contribution in [3.05, 3.63) is 24.0 Å². The van der Waals surface area contributed by atoms with Crippen molar-refractivity contribution in [2.45, 2.75) is 23.8 Å². The van der Waals surface area contributed by atoms with Crippen molar-refractivity contribution in [1.82, 2.24) is 5.32 Å². The SMILES string of the molecule is CS(=O)(=O)c1ccc(OC2CCNCC2)c(F)c1. The molecule has 1 fully saturated rings. The van der Waals surface area contributed by atoms with Crippen molar-refractivity contribution in [2.24, 2.45) is 0 Å². The van der Waals surface area contributed by atoms with E-state index in [9.17, 15) is 12.8 Å². The van der Waals surface area contributed by atoms with Gasteiger partial charge in [0.15, 0.2) is 21.4 Å². The summed E-state index contributed by atoms with van der Waals surface area (Å²) in [6.45, 7) is 1.71. The molecule has 0 amide bonds. The summed E-state index contributed by atoms with van der Waals surface area (Å²) in [5.41, 5.74) is 0. The fourth-order valence-electron chi connectivity index (χ4n) is 1.90. The second kappa shape index (κ2) is 5.24. The van der Waals surface area contributed by atoms with E-state index in [1.165, 1.54) is 12.1 Å². The molecule has 1 aliphatic rings. The number of rotatable bonds is 3. The normalized spacial score (nSPS) is 17.7. The number of piperidine rings is 1. The van der Waals surface area contributed by atoms with E-state index in [4.69, 9.17) is 4.74 Å². The number of hydrogen-bond donors (Lipinski definition) is 1. The first-order chi connectivity index (χ1) is 8.47. The summed E-state index contributed by atoms with van der Waals surface area (Å²) in [6, 6.07) is 3.76. The number of halogens is 1. The lowest BCUT2D eigenvalue weighted by atomic mass is 10.1. The van der Waals surface area contributed by atoms with Gasteiger partial charge in [0.1, 0.15) is 6.10 Å². The standard InChI is InChI=1S/C12H16FNO3S/c1-18(15,16)10-2-3-12(11(13)8-10)17-9-4-6-14-7-5-9/h2-3,8-9,14H,4-7H2,1H3. The third-order valence-electron chi connectivity index (χ3n) is 2.91. The van der Waals surface area contributed by atoms with Gasteiger partial charge in [-0.15, -0.1) is 0 Å². The van der Waals surface area contributed by atoms with Gasteiger partial charge in [0, 0.05) is 6.26 Å². The molecule has 1 N–H and O–H groups in total. The Labute approximate surface area is 106 Å². The Balaban J connectivity index is 2.14. The van der Waals surface area contributed by atoms with Crippen molar-refractivity contribution < 1.29 is 17.5 Å². The Morgan fingerprint density at radius 2 is 2.00 bits per heavy atom. The molecule has 100 valence electrons. The molecular weight excluding hydrogens is 257 g/mol. The van der Waals surface area contributed by atoms with Crippen LogP contribution in [0.1, 0.15) is 12.8 Å². The summed E-state index contributed by atoms with van der Waals surface area (Å²) < 4.78 is 41.8. The van der Waals surface area contributed by atoms with Gasteiger partial charge in [-0.25, -0.2) is 12.8 Å². The largest absolute Gasteiger partial charge is 0.487 e. The van der Waals surface area contributed by atoms with E-state index >= 15 is 0 Å². The van der Waals surface area contributed by atoms with E-state index in [1.54, 1.807) is 0 Å². The van der Waals surface area contributed by atoms with Crippen molar-refractivity contribution in [2.75, 3.05) is 19.3 Å². The van der Waals surface area contributed by atoms with E-state index in [0.717, 1.165) is 38.3 Å². The van der Waals surface area contributed by atoms with Crippen LogP contribution in [0.25, 0.3) is 0 Å². The second-order valence-corrected chi connectivity index (χ2v) is 6.45. The highest BCUT2D eigenvalue weighted by Gasteiger charge is 2.17. The molecule has 0 saturated carbocycles. The predicted molar refractivity (Wildman–Crippen MR) is 66.0 cm³/mol. The number of hydrogen-bond acceptors (Lipinski definition) is 4. The molecule has 18 heavy (non-hydrogen) atoms. The minimum absolute atomic E-state index is 0.00941. The Bertz CT molecular complexity index is 524. The Kier molecular flexibility index (Phi) is 3.87. The van der Waals surface area contributed by atoms with Gasteiger partial charge in [0.2, 0.25) is 0 Å². The van der Waals surface area contributed by atoms with E-state index in [2.05, 4.69) is 5.32 Å². The lowest BCUT2D eigenvalue weighted by Crippen LogP contribution is -2.34. The summed E-state index contributed by atoms with van der Waals surface area (Å²) in [6.07, 6.45) is 2.69. The number of ether oxygens (including phenoxy) is 1. The molecule has 4 nitrogen and oxygen atoms in total.